The van der Waals surface area contributed by atoms with E-state index in [0.29, 0.717) is 22.3 Å². The van der Waals surface area contributed by atoms with Gasteiger partial charge in [-0.3, -0.25) is 0 Å². The standard InChI is InChI=1S/C36H40N6O4/c1-5-9-15-41(7-3)33-13-11-27(19-29(33)23-37)21-31(25-39)35(43)45-17-18-46-36(44)32(26-40)22-28-12-14-34(30(20-28)24-38)42(8-4)16-10-6-2/h11-14,19-22H,5-10,15-18H2,1-4H3/b31-21+,32-22+. The first-order chi connectivity index (χ1) is 22.3. The number of carbonyl (C=O) groups excluding carboxylic acids is 2. The van der Waals surface area contributed by atoms with Gasteiger partial charge in [-0.05, 0) is 74.2 Å². The molecular formula is C36H40N6O4. The molecule has 0 radical (unpaired) electrons. The second kappa shape index (κ2) is 19.6. The van der Waals surface area contributed by atoms with E-state index in [2.05, 4.69) is 35.8 Å². The summed E-state index contributed by atoms with van der Waals surface area (Å²) in [7, 11) is 0. The Hall–Kier alpha value is -5.58. The second-order valence-corrected chi connectivity index (χ2v) is 10.3. The molecule has 0 aliphatic rings. The molecule has 0 bridgehead atoms. The molecule has 46 heavy (non-hydrogen) atoms. The Morgan fingerprint density at radius 2 is 1.07 bits per heavy atom. The van der Waals surface area contributed by atoms with Gasteiger partial charge in [-0.2, -0.15) is 21.0 Å². The Balaban J connectivity index is 2.05. The zero-order valence-electron chi connectivity index (χ0n) is 27.0. The number of ether oxygens (including phenoxy) is 2. The molecule has 0 saturated carbocycles. The van der Waals surface area contributed by atoms with Gasteiger partial charge < -0.3 is 19.3 Å². The third-order valence-electron chi connectivity index (χ3n) is 7.14. The molecule has 0 spiro atoms. The van der Waals surface area contributed by atoms with Gasteiger partial charge in [0, 0.05) is 26.2 Å². The molecule has 0 heterocycles. The smallest absolute Gasteiger partial charge is 0.349 e. The first-order valence-electron chi connectivity index (χ1n) is 15.5. The Bertz CT molecular complexity index is 1480. The van der Waals surface area contributed by atoms with Crippen LogP contribution in [-0.2, 0) is 19.1 Å². The van der Waals surface area contributed by atoms with Gasteiger partial charge in [0.2, 0.25) is 0 Å². The van der Waals surface area contributed by atoms with Crippen molar-refractivity contribution in [2.75, 3.05) is 49.2 Å². The van der Waals surface area contributed by atoms with Gasteiger partial charge in [0.05, 0.1) is 22.5 Å². The van der Waals surface area contributed by atoms with Crippen LogP contribution >= 0.6 is 0 Å². The molecule has 2 aromatic carbocycles. The monoisotopic (exact) mass is 620 g/mol. The molecule has 0 aliphatic heterocycles. The molecule has 0 saturated heterocycles. The fourth-order valence-corrected chi connectivity index (χ4v) is 4.64. The highest BCUT2D eigenvalue weighted by molar-refractivity contribution is 5.99. The van der Waals surface area contributed by atoms with Crippen LogP contribution in [0.15, 0.2) is 47.5 Å². The van der Waals surface area contributed by atoms with Crippen LogP contribution in [0.3, 0.4) is 0 Å². The molecule has 0 N–H and O–H groups in total. The van der Waals surface area contributed by atoms with Crippen molar-refractivity contribution in [2.24, 2.45) is 0 Å². The highest BCUT2D eigenvalue weighted by Gasteiger charge is 2.16. The van der Waals surface area contributed by atoms with Gasteiger partial charge in [-0.15, -0.1) is 0 Å². The van der Waals surface area contributed by atoms with Crippen molar-refractivity contribution in [1.29, 1.82) is 21.0 Å². The summed E-state index contributed by atoms with van der Waals surface area (Å²) in [6.07, 6.45) is 6.70. The van der Waals surface area contributed by atoms with Crippen molar-refractivity contribution in [2.45, 2.75) is 53.4 Å². The van der Waals surface area contributed by atoms with Crippen LogP contribution in [0.5, 0.6) is 0 Å². The minimum Gasteiger partial charge on any atom is -0.458 e. The molecule has 0 aliphatic carbocycles. The summed E-state index contributed by atoms with van der Waals surface area (Å²) in [5.41, 5.74) is 2.85. The number of carbonyl (C=O) groups is 2. The largest absolute Gasteiger partial charge is 0.458 e. The van der Waals surface area contributed by atoms with Crippen molar-refractivity contribution in [3.05, 3.63) is 69.8 Å². The summed E-state index contributed by atoms with van der Waals surface area (Å²) >= 11 is 0. The maximum absolute atomic E-state index is 12.5. The van der Waals surface area contributed by atoms with E-state index in [1.807, 2.05) is 26.0 Å². The molecule has 0 aromatic heterocycles. The van der Waals surface area contributed by atoms with Crippen LogP contribution < -0.4 is 9.80 Å². The average molecular weight is 621 g/mol. The lowest BCUT2D eigenvalue weighted by Crippen LogP contribution is -2.24. The molecule has 0 fully saturated rings. The molecule has 0 atom stereocenters. The van der Waals surface area contributed by atoms with Gasteiger partial charge >= 0.3 is 11.9 Å². The lowest BCUT2D eigenvalue weighted by atomic mass is 10.1. The summed E-state index contributed by atoms with van der Waals surface area (Å²) in [6, 6.07) is 18.3. The van der Waals surface area contributed by atoms with E-state index in [-0.39, 0.29) is 24.4 Å². The van der Waals surface area contributed by atoms with E-state index in [1.54, 1.807) is 36.4 Å². The van der Waals surface area contributed by atoms with Crippen LogP contribution in [-0.4, -0.2) is 51.3 Å². The molecular weight excluding hydrogens is 580 g/mol. The van der Waals surface area contributed by atoms with Crippen LogP contribution in [0.25, 0.3) is 12.2 Å². The number of hydrogen-bond acceptors (Lipinski definition) is 10. The molecule has 10 heteroatoms. The van der Waals surface area contributed by atoms with Gasteiger partial charge in [-0.1, -0.05) is 38.8 Å². The predicted octanol–water partition coefficient (Wildman–Crippen LogP) is 6.28. The first-order valence-corrected chi connectivity index (χ1v) is 15.5. The van der Waals surface area contributed by atoms with Gasteiger partial charge in [0.25, 0.3) is 0 Å². The maximum Gasteiger partial charge on any atom is 0.349 e. The Morgan fingerprint density at radius 3 is 1.37 bits per heavy atom. The lowest BCUT2D eigenvalue weighted by Gasteiger charge is -2.24. The quantitative estimate of drug-likeness (QED) is 0.0853. The molecule has 2 rings (SSSR count). The van der Waals surface area contributed by atoms with Crippen LogP contribution in [0.2, 0.25) is 0 Å². The summed E-state index contributed by atoms with van der Waals surface area (Å²) in [6.45, 7) is 10.7. The van der Waals surface area contributed by atoms with Crippen LogP contribution in [0, 0.1) is 45.3 Å². The lowest BCUT2D eigenvalue weighted by molar-refractivity contribution is -0.146. The van der Waals surface area contributed by atoms with Crippen molar-refractivity contribution in [1.82, 2.24) is 0 Å². The number of rotatable bonds is 17. The third kappa shape index (κ3) is 10.5. The maximum atomic E-state index is 12.5. The van der Waals surface area contributed by atoms with Crippen molar-refractivity contribution >= 4 is 35.5 Å². The zero-order valence-corrected chi connectivity index (χ0v) is 27.0. The average Bonchev–Trinajstić information content (AvgIpc) is 3.08. The van der Waals surface area contributed by atoms with Gasteiger partial charge in [0.1, 0.15) is 48.6 Å². The van der Waals surface area contributed by atoms with Crippen LogP contribution in [0.4, 0.5) is 11.4 Å². The second-order valence-electron chi connectivity index (χ2n) is 10.3. The molecule has 238 valence electrons. The van der Waals surface area contributed by atoms with Gasteiger partial charge in [-0.25, -0.2) is 9.59 Å². The summed E-state index contributed by atoms with van der Waals surface area (Å²) in [5.74, 6) is -1.83. The molecule has 0 amide bonds. The van der Waals surface area contributed by atoms with E-state index in [9.17, 15) is 30.6 Å². The number of benzene rings is 2. The number of unbranched alkanes of at least 4 members (excludes halogenated alkanes) is 2. The summed E-state index contributed by atoms with van der Waals surface area (Å²) in [5, 5.41) is 38.5. The van der Waals surface area contributed by atoms with Gasteiger partial charge in [0.15, 0.2) is 0 Å². The first kappa shape index (κ1) is 36.6. The topological polar surface area (TPSA) is 154 Å². The number of nitrogens with zero attached hydrogens (tertiary/aromatic N) is 6. The van der Waals surface area contributed by atoms with Crippen molar-refractivity contribution in [3.63, 3.8) is 0 Å². The summed E-state index contributed by atoms with van der Waals surface area (Å²) < 4.78 is 10.2. The SMILES string of the molecule is CCCCN(CC)c1ccc(/C=C(\C#N)C(=O)OCCOC(=O)/C(C#N)=C/c2ccc(N(CC)CCCC)c(C#N)c2)cc1C#N. The molecule has 10 nitrogen and oxygen atoms in total. The van der Waals surface area contributed by atoms with Crippen molar-refractivity contribution < 1.29 is 19.1 Å². The zero-order chi connectivity index (χ0) is 33.9. The Morgan fingerprint density at radius 1 is 0.674 bits per heavy atom. The number of hydrogen-bond donors (Lipinski definition) is 0. The number of anilines is 2. The van der Waals surface area contributed by atoms with Crippen molar-refractivity contribution in [3.8, 4) is 24.3 Å². The molecule has 2 aromatic rings. The van der Waals surface area contributed by atoms with E-state index < -0.39 is 11.9 Å². The number of nitriles is 4. The highest BCUT2D eigenvalue weighted by atomic mass is 16.6. The highest BCUT2D eigenvalue weighted by Crippen LogP contribution is 2.25. The van der Waals surface area contributed by atoms with E-state index >= 15 is 0 Å². The van der Waals surface area contributed by atoms with E-state index in [0.717, 1.165) is 63.2 Å². The summed E-state index contributed by atoms with van der Waals surface area (Å²) in [4.78, 5) is 29.3. The fourth-order valence-electron chi connectivity index (χ4n) is 4.64. The van der Waals surface area contributed by atoms with E-state index in [1.165, 1.54) is 12.2 Å². The normalized spacial score (nSPS) is 11.0. The third-order valence-corrected chi connectivity index (χ3v) is 7.14. The predicted molar refractivity (Wildman–Crippen MR) is 177 cm³/mol. The van der Waals surface area contributed by atoms with E-state index in [4.69, 9.17) is 9.47 Å². The van der Waals surface area contributed by atoms with Crippen LogP contribution in [0.1, 0.15) is 75.6 Å². The fraction of sp³-hybridized carbons (Fsp3) is 0.389. The molecule has 0 unspecified atom stereocenters. The Labute approximate surface area is 272 Å². The minimum atomic E-state index is -0.917. The minimum absolute atomic E-state index is 0.285. The Kier molecular flexibility index (Phi) is 15.6. The number of esters is 2.